The second kappa shape index (κ2) is 13.1. The molecule has 0 saturated heterocycles. The van der Waals surface area contributed by atoms with Gasteiger partial charge in [-0.1, -0.05) is 26.0 Å². The molecule has 1 aromatic rings. The van der Waals surface area contributed by atoms with Gasteiger partial charge < -0.3 is 42.7 Å². The number of carboxylic acids is 1. The number of phenols is 1. The first-order valence-corrected chi connectivity index (χ1v) is 10.4. The number of aliphatic hydroxyl groups is 1. The second-order valence-electron chi connectivity index (χ2n) is 8.02. The Balaban J connectivity index is 2.90. The van der Waals surface area contributed by atoms with Crippen LogP contribution >= 0.6 is 0 Å². The average Bonchev–Trinajstić information content (AvgIpc) is 2.75. The van der Waals surface area contributed by atoms with Gasteiger partial charge in [0.05, 0.1) is 19.1 Å². The third kappa shape index (κ3) is 9.03. The highest BCUT2D eigenvalue weighted by molar-refractivity contribution is 5.96. The number of benzene rings is 1. The van der Waals surface area contributed by atoms with Gasteiger partial charge in [0.15, 0.2) is 0 Å². The third-order valence-electron chi connectivity index (χ3n) is 4.81. The molecule has 0 spiro atoms. The summed E-state index contributed by atoms with van der Waals surface area (Å²) in [6, 6.07) is 0.719. The van der Waals surface area contributed by atoms with E-state index in [1.165, 1.54) is 12.1 Å². The van der Waals surface area contributed by atoms with Crippen LogP contribution in [0.25, 0.3) is 0 Å². The van der Waals surface area contributed by atoms with Crippen LogP contribution in [0.4, 0.5) is 0 Å². The van der Waals surface area contributed by atoms with Crippen LogP contribution in [0.1, 0.15) is 25.8 Å². The minimum absolute atomic E-state index is 0.0570. The number of aromatic hydroxyl groups is 1. The van der Waals surface area contributed by atoms with Crippen molar-refractivity contribution in [2.45, 2.75) is 50.9 Å². The molecule has 0 aliphatic heterocycles. The lowest BCUT2D eigenvalue weighted by molar-refractivity contribution is -0.143. The number of carbonyl (C=O) groups is 5. The van der Waals surface area contributed by atoms with Crippen molar-refractivity contribution >= 4 is 29.6 Å². The molecule has 0 fully saturated rings. The highest BCUT2D eigenvalue weighted by atomic mass is 16.4. The first kappa shape index (κ1) is 28.3. The molecule has 1 rings (SSSR count). The second-order valence-corrected chi connectivity index (χ2v) is 8.02. The zero-order valence-corrected chi connectivity index (χ0v) is 18.9. The zero-order chi connectivity index (χ0) is 26.0. The number of nitrogens with one attached hydrogen (secondary N) is 3. The van der Waals surface area contributed by atoms with E-state index in [1.54, 1.807) is 26.0 Å². The number of aliphatic hydroxyl groups excluding tert-OH is 1. The molecule has 0 aliphatic rings. The Hall–Kier alpha value is -3.71. The summed E-state index contributed by atoms with van der Waals surface area (Å²) in [5.74, 6) is -5.38. The minimum atomic E-state index is -1.65. The molecule has 13 nitrogen and oxygen atoms in total. The lowest BCUT2D eigenvalue weighted by atomic mass is 10.0. The SMILES string of the molecule is CC(C)C(NC(=O)C(N)Cc1ccc(O)cc1)C(=O)NC(CC(N)=O)C(=O)NC(CO)C(=O)O. The van der Waals surface area contributed by atoms with E-state index in [2.05, 4.69) is 10.6 Å². The number of carbonyl (C=O) groups excluding carboxylic acids is 4. The van der Waals surface area contributed by atoms with Crippen LogP contribution in [0.2, 0.25) is 0 Å². The molecule has 34 heavy (non-hydrogen) atoms. The van der Waals surface area contributed by atoms with Crippen molar-refractivity contribution in [1.29, 1.82) is 0 Å². The Morgan fingerprint density at radius 1 is 0.912 bits per heavy atom. The summed E-state index contributed by atoms with van der Waals surface area (Å²) < 4.78 is 0. The fourth-order valence-corrected chi connectivity index (χ4v) is 2.90. The van der Waals surface area contributed by atoms with E-state index in [0.717, 1.165) is 0 Å². The molecule has 13 heteroatoms. The third-order valence-corrected chi connectivity index (χ3v) is 4.81. The van der Waals surface area contributed by atoms with E-state index >= 15 is 0 Å². The molecular formula is C21H31N5O8. The van der Waals surface area contributed by atoms with Crippen molar-refractivity contribution in [2.24, 2.45) is 17.4 Å². The smallest absolute Gasteiger partial charge is 0.328 e. The summed E-state index contributed by atoms with van der Waals surface area (Å²) in [4.78, 5) is 60.2. The number of phenolic OH excluding ortho intramolecular Hbond substituents is 1. The van der Waals surface area contributed by atoms with Crippen LogP contribution in [0.5, 0.6) is 5.75 Å². The van der Waals surface area contributed by atoms with Gasteiger partial charge in [-0.2, -0.15) is 0 Å². The van der Waals surface area contributed by atoms with Crippen molar-refractivity contribution in [2.75, 3.05) is 6.61 Å². The van der Waals surface area contributed by atoms with Gasteiger partial charge in [0.25, 0.3) is 0 Å². The van der Waals surface area contributed by atoms with Gasteiger partial charge in [0, 0.05) is 0 Å². The summed E-state index contributed by atoms with van der Waals surface area (Å²) in [7, 11) is 0. The predicted molar refractivity (Wildman–Crippen MR) is 119 cm³/mol. The van der Waals surface area contributed by atoms with Gasteiger partial charge in [-0.15, -0.1) is 0 Å². The molecule has 188 valence electrons. The van der Waals surface area contributed by atoms with Gasteiger partial charge in [-0.3, -0.25) is 19.2 Å². The van der Waals surface area contributed by atoms with Crippen LogP contribution in [0.15, 0.2) is 24.3 Å². The Labute approximate surface area is 195 Å². The monoisotopic (exact) mass is 481 g/mol. The maximum atomic E-state index is 12.8. The molecular weight excluding hydrogens is 450 g/mol. The molecule has 0 aliphatic carbocycles. The Morgan fingerprint density at radius 3 is 1.94 bits per heavy atom. The van der Waals surface area contributed by atoms with Crippen LogP contribution in [-0.4, -0.2) is 75.7 Å². The molecule has 0 heterocycles. The maximum Gasteiger partial charge on any atom is 0.328 e. The normalized spacial score (nSPS) is 14.4. The number of amides is 4. The van der Waals surface area contributed by atoms with Gasteiger partial charge in [0.1, 0.15) is 23.9 Å². The van der Waals surface area contributed by atoms with E-state index in [9.17, 15) is 29.1 Å². The molecule has 4 unspecified atom stereocenters. The van der Waals surface area contributed by atoms with E-state index < -0.39 is 72.7 Å². The summed E-state index contributed by atoms with van der Waals surface area (Å²) in [5, 5.41) is 34.2. The number of aliphatic carboxylic acids is 1. The van der Waals surface area contributed by atoms with E-state index in [0.29, 0.717) is 5.56 Å². The standard InChI is InChI=1S/C21H31N5O8/c1-10(2)17(26-18(30)13(22)7-11-3-5-12(28)6-4-11)20(32)24-14(8-16(23)29)19(31)25-15(9-27)21(33)34/h3-6,10,13-15,17,27-28H,7-9,22H2,1-2H3,(H2,23,29)(H,24,32)(H,25,31)(H,26,30)(H,33,34). The van der Waals surface area contributed by atoms with Crippen molar-refractivity contribution in [3.05, 3.63) is 29.8 Å². The number of primary amides is 1. The molecule has 0 bridgehead atoms. The van der Waals surface area contributed by atoms with Crippen LogP contribution in [0, 0.1) is 5.92 Å². The van der Waals surface area contributed by atoms with Crippen LogP contribution in [0.3, 0.4) is 0 Å². The maximum absolute atomic E-state index is 12.8. The zero-order valence-electron chi connectivity index (χ0n) is 18.9. The van der Waals surface area contributed by atoms with Crippen molar-refractivity contribution < 1.29 is 39.3 Å². The van der Waals surface area contributed by atoms with Gasteiger partial charge >= 0.3 is 5.97 Å². The molecule has 0 aromatic heterocycles. The highest BCUT2D eigenvalue weighted by Gasteiger charge is 2.32. The Bertz CT molecular complexity index is 890. The lowest BCUT2D eigenvalue weighted by Crippen LogP contribution is -2.59. The van der Waals surface area contributed by atoms with Crippen molar-refractivity contribution in [3.63, 3.8) is 0 Å². The quantitative estimate of drug-likeness (QED) is 0.146. The molecule has 0 radical (unpaired) electrons. The van der Waals surface area contributed by atoms with E-state index in [4.69, 9.17) is 21.7 Å². The minimum Gasteiger partial charge on any atom is -0.508 e. The molecule has 10 N–H and O–H groups in total. The number of nitrogens with two attached hydrogens (primary N) is 2. The first-order chi connectivity index (χ1) is 15.8. The Kier molecular flexibility index (Phi) is 10.9. The number of rotatable bonds is 13. The van der Waals surface area contributed by atoms with Crippen molar-refractivity contribution in [1.82, 2.24) is 16.0 Å². The van der Waals surface area contributed by atoms with Crippen molar-refractivity contribution in [3.8, 4) is 5.75 Å². The average molecular weight is 482 g/mol. The van der Waals surface area contributed by atoms with E-state index in [-0.39, 0.29) is 12.2 Å². The summed E-state index contributed by atoms with van der Waals surface area (Å²) in [5.41, 5.74) is 11.8. The van der Waals surface area contributed by atoms with Gasteiger partial charge in [-0.05, 0) is 30.0 Å². The lowest BCUT2D eigenvalue weighted by Gasteiger charge is -2.26. The number of hydrogen-bond donors (Lipinski definition) is 8. The fourth-order valence-electron chi connectivity index (χ4n) is 2.90. The Morgan fingerprint density at radius 2 is 1.47 bits per heavy atom. The fraction of sp³-hybridized carbons (Fsp3) is 0.476. The predicted octanol–water partition coefficient (Wildman–Crippen LogP) is -2.68. The molecule has 1 aromatic carbocycles. The van der Waals surface area contributed by atoms with Gasteiger partial charge in [0.2, 0.25) is 23.6 Å². The largest absolute Gasteiger partial charge is 0.508 e. The van der Waals surface area contributed by atoms with Crippen LogP contribution in [-0.2, 0) is 30.4 Å². The molecule has 4 amide bonds. The number of hydrogen-bond acceptors (Lipinski definition) is 8. The van der Waals surface area contributed by atoms with Gasteiger partial charge in [-0.25, -0.2) is 4.79 Å². The number of carboxylic acid groups (broad SMARTS) is 1. The topological polar surface area (TPSA) is 234 Å². The molecule has 0 saturated carbocycles. The summed E-state index contributed by atoms with van der Waals surface area (Å²) in [6.45, 7) is 2.35. The van der Waals surface area contributed by atoms with Crippen LogP contribution < -0.4 is 27.4 Å². The summed E-state index contributed by atoms with van der Waals surface area (Å²) in [6.07, 6.45) is -0.516. The first-order valence-electron chi connectivity index (χ1n) is 10.4. The summed E-state index contributed by atoms with van der Waals surface area (Å²) >= 11 is 0. The molecule has 4 atom stereocenters. The highest BCUT2D eigenvalue weighted by Crippen LogP contribution is 2.11. The van der Waals surface area contributed by atoms with E-state index in [1.807, 2.05) is 5.32 Å².